The van der Waals surface area contributed by atoms with Crippen molar-refractivity contribution in [1.82, 2.24) is 9.78 Å². The molecule has 0 saturated heterocycles. The standard InChI is InChI=1S/C11H13N3O/c1-7-10(14(2)13-11(7)12)8-5-3-4-6-9(8)15/h3-6,15H,1-2H3,(H2,12,13). The Hall–Kier alpha value is -1.97. The van der Waals surface area contributed by atoms with Crippen LogP contribution in [0.2, 0.25) is 0 Å². The molecule has 4 nitrogen and oxygen atoms in total. The van der Waals surface area contributed by atoms with Gasteiger partial charge in [-0.3, -0.25) is 4.68 Å². The number of benzene rings is 1. The average Bonchev–Trinajstić information content (AvgIpc) is 2.43. The molecule has 2 rings (SSSR count). The minimum atomic E-state index is 0.239. The van der Waals surface area contributed by atoms with E-state index in [1.807, 2.05) is 26.1 Å². The van der Waals surface area contributed by atoms with E-state index in [2.05, 4.69) is 5.10 Å². The number of aromatic nitrogens is 2. The lowest BCUT2D eigenvalue weighted by Crippen LogP contribution is -1.94. The molecule has 15 heavy (non-hydrogen) atoms. The highest BCUT2D eigenvalue weighted by molar-refractivity contribution is 5.73. The Balaban J connectivity index is 2.69. The summed E-state index contributed by atoms with van der Waals surface area (Å²) in [5, 5.41) is 13.9. The van der Waals surface area contributed by atoms with Gasteiger partial charge in [0.15, 0.2) is 0 Å². The molecule has 0 atom stereocenters. The average molecular weight is 203 g/mol. The normalized spacial score (nSPS) is 10.5. The molecule has 1 heterocycles. The Labute approximate surface area is 88.0 Å². The van der Waals surface area contributed by atoms with Crippen LogP contribution in [-0.4, -0.2) is 14.9 Å². The van der Waals surface area contributed by atoms with Gasteiger partial charge in [-0.1, -0.05) is 12.1 Å². The molecule has 0 fully saturated rings. The molecule has 4 heteroatoms. The van der Waals surface area contributed by atoms with Crippen LogP contribution in [0.3, 0.4) is 0 Å². The summed E-state index contributed by atoms with van der Waals surface area (Å²) in [5.74, 6) is 0.736. The van der Waals surface area contributed by atoms with E-state index >= 15 is 0 Å². The summed E-state index contributed by atoms with van der Waals surface area (Å²) in [4.78, 5) is 0. The van der Waals surface area contributed by atoms with Crippen molar-refractivity contribution in [2.45, 2.75) is 6.92 Å². The van der Waals surface area contributed by atoms with Gasteiger partial charge >= 0.3 is 0 Å². The Morgan fingerprint density at radius 2 is 2.00 bits per heavy atom. The molecule has 0 aliphatic heterocycles. The van der Waals surface area contributed by atoms with Crippen molar-refractivity contribution in [2.75, 3.05) is 5.73 Å². The fourth-order valence-electron chi connectivity index (χ4n) is 1.70. The van der Waals surface area contributed by atoms with Crippen LogP contribution in [-0.2, 0) is 7.05 Å². The van der Waals surface area contributed by atoms with Crippen LogP contribution in [0.4, 0.5) is 5.82 Å². The molecule has 0 aliphatic rings. The summed E-state index contributed by atoms with van der Waals surface area (Å²) >= 11 is 0. The van der Waals surface area contributed by atoms with Crippen molar-refractivity contribution in [3.8, 4) is 17.0 Å². The van der Waals surface area contributed by atoms with Gasteiger partial charge in [0.2, 0.25) is 0 Å². The van der Waals surface area contributed by atoms with Gasteiger partial charge in [0.1, 0.15) is 11.6 Å². The molecule has 78 valence electrons. The molecule has 0 saturated carbocycles. The Morgan fingerprint density at radius 3 is 2.53 bits per heavy atom. The summed E-state index contributed by atoms with van der Waals surface area (Å²) in [6.07, 6.45) is 0. The third kappa shape index (κ3) is 1.44. The summed E-state index contributed by atoms with van der Waals surface area (Å²) in [6.45, 7) is 1.89. The molecule has 0 bridgehead atoms. The molecule has 0 spiro atoms. The second-order valence-electron chi connectivity index (χ2n) is 3.50. The maximum atomic E-state index is 9.74. The third-order valence-corrected chi connectivity index (χ3v) is 2.48. The Morgan fingerprint density at radius 1 is 1.33 bits per heavy atom. The molecule has 1 aromatic carbocycles. The maximum Gasteiger partial charge on any atom is 0.149 e. The van der Waals surface area contributed by atoms with E-state index in [0.717, 1.165) is 16.8 Å². The zero-order chi connectivity index (χ0) is 11.0. The summed E-state index contributed by atoms with van der Waals surface area (Å²) in [7, 11) is 1.81. The lowest BCUT2D eigenvalue weighted by molar-refractivity contribution is 0.476. The second kappa shape index (κ2) is 3.31. The number of nitrogens with zero attached hydrogens (tertiary/aromatic N) is 2. The van der Waals surface area contributed by atoms with Crippen LogP contribution in [0, 0.1) is 6.92 Å². The third-order valence-electron chi connectivity index (χ3n) is 2.48. The number of hydrogen-bond acceptors (Lipinski definition) is 3. The van der Waals surface area contributed by atoms with Crippen LogP contribution in [0.25, 0.3) is 11.3 Å². The molecule has 0 radical (unpaired) electrons. The number of anilines is 1. The number of aromatic hydroxyl groups is 1. The number of phenolic OH excluding ortho intramolecular Hbond substituents is 1. The van der Waals surface area contributed by atoms with Crippen molar-refractivity contribution >= 4 is 5.82 Å². The van der Waals surface area contributed by atoms with Gasteiger partial charge in [0.05, 0.1) is 5.69 Å². The van der Waals surface area contributed by atoms with E-state index < -0.39 is 0 Å². The van der Waals surface area contributed by atoms with Crippen molar-refractivity contribution in [2.24, 2.45) is 7.05 Å². The molecular weight excluding hydrogens is 190 g/mol. The summed E-state index contributed by atoms with van der Waals surface area (Å²) in [5.41, 5.74) is 8.21. The first-order valence-electron chi connectivity index (χ1n) is 4.68. The predicted molar refractivity (Wildman–Crippen MR) is 59.5 cm³/mol. The van der Waals surface area contributed by atoms with E-state index in [4.69, 9.17) is 5.73 Å². The number of nitrogens with two attached hydrogens (primary N) is 1. The highest BCUT2D eigenvalue weighted by Gasteiger charge is 2.14. The summed E-state index contributed by atoms with van der Waals surface area (Å²) in [6, 6.07) is 7.16. The first kappa shape index (κ1) is 9.58. The highest BCUT2D eigenvalue weighted by Crippen LogP contribution is 2.32. The largest absolute Gasteiger partial charge is 0.507 e. The topological polar surface area (TPSA) is 64.1 Å². The zero-order valence-electron chi connectivity index (χ0n) is 8.73. The van der Waals surface area contributed by atoms with Crippen molar-refractivity contribution in [3.05, 3.63) is 29.8 Å². The molecule has 0 aliphatic carbocycles. The van der Waals surface area contributed by atoms with E-state index in [1.54, 1.807) is 16.8 Å². The van der Waals surface area contributed by atoms with Gasteiger partial charge in [0.25, 0.3) is 0 Å². The number of hydrogen-bond donors (Lipinski definition) is 2. The van der Waals surface area contributed by atoms with Crippen LogP contribution in [0.15, 0.2) is 24.3 Å². The first-order chi connectivity index (χ1) is 7.11. The highest BCUT2D eigenvalue weighted by atomic mass is 16.3. The van der Waals surface area contributed by atoms with Crippen molar-refractivity contribution in [1.29, 1.82) is 0 Å². The summed E-state index contributed by atoms with van der Waals surface area (Å²) < 4.78 is 1.68. The van der Waals surface area contributed by atoms with Gasteiger partial charge in [-0.2, -0.15) is 5.10 Å². The number of rotatable bonds is 1. The molecule has 3 N–H and O–H groups in total. The van der Waals surface area contributed by atoms with E-state index in [9.17, 15) is 5.11 Å². The molecule has 2 aromatic rings. The number of phenols is 1. The fourth-order valence-corrected chi connectivity index (χ4v) is 1.70. The zero-order valence-corrected chi connectivity index (χ0v) is 8.73. The number of para-hydroxylation sites is 1. The first-order valence-corrected chi connectivity index (χ1v) is 4.68. The van der Waals surface area contributed by atoms with Gasteiger partial charge < -0.3 is 10.8 Å². The SMILES string of the molecule is Cc1c(N)nn(C)c1-c1ccccc1O. The predicted octanol–water partition coefficient (Wildman–Crippen LogP) is 1.68. The second-order valence-corrected chi connectivity index (χ2v) is 3.50. The van der Waals surface area contributed by atoms with E-state index in [1.165, 1.54) is 0 Å². The monoisotopic (exact) mass is 203 g/mol. The van der Waals surface area contributed by atoms with Crippen molar-refractivity contribution < 1.29 is 5.11 Å². The smallest absolute Gasteiger partial charge is 0.149 e. The lowest BCUT2D eigenvalue weighted by atomic mass is 10.1. The van der Waals surface area contributed by atoms with E-state index in [-0.39, 0.29) is 5.75 Å². The van der Waals surface area contributed by atoms with Crippen LogP contribution in [0.1, 0.15) is 5.56 Å². The molecule has 0 unspecified atom stereocenters. The minimum absolute atomic E-state index is 0.239. The van der Waals surface area contributed by atoms with Gasteiger partial charge in [-0.25, -0.2) is 0 Å². The van der Waals surface area contributed by atoms with Crippen molar-refractivity contribution in [3.63, 3.8) is 0 Å². The van der Waals surface area contributed by atoms with Gasteiger partial charge in [0, 0.05) is 18.2 Å². The number of nitrogen functional groups attached to an aromatic ring is 1. The van der Waals surface area contributed by atoms with Crippen LogP contribution in [0.5, 0.6) is 5.75 Å². The molecule has 0 amide bonds. The quantitative estimate of drug-likeness (QED) is 0.741. The lowest BCUT2D eigenvalue weighted by Gasteiger charge is -2.05. The number of aryl methyl sites for hydroxylation is 1. The van der Waals surface area contributed by atoms with Crippen LogP contribution < -0.4 is 5.73 Å². The maximum absolute atomic E-state index is 9.74. The fraction of sp³-hybridized carbons (Fsp3) is 0.182. The van der Waals surface area contributed by atoms with Crippen LogP contribution >= 0.6 is 0 Å². The Bertz CT molecular complexity index is 503. The minimum Gasteiger partial charge on any atom is -0.507 e. The van der Waals surface area contributed by atoms with Gasteiger partial charge in [-0.05, 0) is 19.1 Å². The Kier molecular flexibility index (Phi) is 2.11. The molecule has 1 aromatic heterocycles. The molecular formula is C11H13N3O. The van der Waals surface area contributed by atoms with Gasteiger partial charge in [-0.15, -0.1) is 0 Å². The van der Waals surface area contributed by atoms with E-state index in [0.29, 0.717) is 5.82 Å².